The number of rotatable bonds is 5. The van der Waals surface area contributed by atoms with Crippen molar-refractivity contribution < 1.29 is 12.8 Å². The van der Waals surface area contributed by atoms with Crippen molar-refractivity contribution in [2.75, 3.05) is 32.7 Å². The summed E-state index contributed by atoms with van der Waals surface area (Å²) >= 11 is 0. The third-order valence-electron chi connectivity index (χ3n) is 4.49. The van der Waals surface area contributed by atoms with Crippen LogP contribution in [0.3, 0.4) is 0 Å². The van der Waals surface area contributed by atoms with E-state index in [-0.39, 0.29) is 0 Å². The van der Waals surface area contributed by atoms with Gasteiger partial charge in [0.05, 0.1) is 4.90 Å². The fraction of sp³-hybridized carbons (Fsp3) is 0.529. The molecule has 2 heterocycles. The fourth-order valence-electron chi connectivity index (χ4n) is 3.11. The van der Waals surface area contributed by atoms with Crippen LogP contribution in [0.1, 0.15) is 22.9 Å². The van der Waals surface area contributed by atoms with E-state index in [9.17, 15) is 8.42 Å². The number of aryl methyl sites for hydroxylation is 3. The van der Waals surface area contributed by atoms with Gasteiger partial charge >= 0.3 is 0 Å². The number of benzene rings is 1. The molecule has 1 aliphatic heterocycles. The first kappa shape index (κ1) is 18.0. The lowest BCUT2D eigenvalue weighted by atomic mass is 10.2. The van der Waals surface area contributed by atoms with E-state index in [2.05, 4.69) is 15.1 Å². The van der Waals surface area contributed by atoms with Gasteiger partial charge in [-0.3, -0.25) is 0 Å². The van der Waals surface area contributed by atoms with Crippen molar-refractivity contribution >= 4 is 10.0 Å². The maximum Gasteiger partial charge on any atom is 0.243 e. The van der Waals surface area contributed by atoms with Crippen molar-refractivity contribution in [2.24, 2.45) is 0 Å². The molecule has 7 nitrogen and oxygen atoms in total. The first-order valence-electron chi connectivity index (χ1n) is 8.45. The molecule has 1 fully saturated rings. The maximum absolute atomic E-state index is 12.9. The van der Waals surface area contributed by atoms with Crippen molar-refractivity contribution in [1.82, 2.24) is 19.4 Å². The summed E-state index contributed by atoms with van der Waals surface area (Å²) in [6.07, 6.45) is 0.685. The van der Waals surface area contributed by atoms with Crippen LogP contribution < -0.4 is 0 Å². The zero-order valence-corrected chi connectivity index (χ0v) is 15.7. The predicted octanol–water partition coefficient (Wildman–Crippen LogP) is 1.54. The first-order valence-corrected chi connectivity index (χ1v) is 9.89. The summed E-state index contributed by atoms with van der Waals surface area (Å²) in [5.74, 6) is 1.20. The van der Waals surface area contributed by atoms with Gasteiger partial charge in [-0.15, -0.1) is 10.2 Å². The Morgan fingerprint density at radius 3 is 2.40 bits per heavy atom. The third-order valence-corrected chi connectivity index (χ3v) is 6.55. The lowest BCUT2D eigenvalue weighted by Gasteiger charge is -2.34. The fourth-order valence-corrected chi connectivity index (χ4v) is 4.74. The summed E-state index contributed by atoms with van der Waals surface area (Å²) in [6.45, 7) is 8.79. The molecule has 0 aliphatic carbocycles. The second-order valence-electron chi connectivity index (χ2n) is 6.48. The molecular formula is C17H24N4O3S. The molecule has 1 aliphatic rings. The second-order valence-corrected chi connectivity index (χ2v) is 8.39. The molecule has 3 rings (SSSR count). The van der Waals surface area contributed by atoms with Crippen molar-refractivity contribution in [3.8, 4) is 0 Å². The minimum atomic E-state index is -3.43. The summed E-state index contributed by atoms with van der Waals surface area (Å²) in [6, 6.07) is 5.47. The minimum absolute atomic E-state index is 0.410. The molecule has 8 heteroatoms. The molecule has 136 valence electrons. The molecule has 1 saturated heterocycles. The van der Waals surface area contributed by atoms with E-state index in [1.54, 1.807) is 17.3 Å². The topological polar surface area (TPSA) is 79.5 Å². The average Bonchev–Trinajstić information content (AvgIpc) is 2.98. The lowest BCUT2D eigenvalue weighted by Crippen LogP contribution is -2.49. The van der Waals surface area contributed by atoms with Gasteiger partial charge in [-0.2, -0.15) is 4.31 Å². The molecular weight excluding hydrogens is 340 g/mol. The molecule has 0 bridgehead atoms. The van der Waals surface area contributed by atoms with Crippen LogP contribution in [0.25, 0.3) is 0 Å². The lowest BCUT2D eigenvalue weighted by molar-refractivity contribution is 0.186. The largest absolute Gasteiger partial charge is 0.426 e. The normalized spacial score (nSPS) is 17.1. The van der Waals surface area contributed by atoms with Crippen molar-refractivity contribution in [1.29, 1.82) is 0 Å². The summed E-state index contributed by atoms with van der Waals surface area (Å²) in [4.78, 5) is 2.64. The minimum Gasteiger partial charge on any atom is -0.426 e. The van der Waals surface area contributed by atoms with E-state index in [4.69, 9.17) is 4.42 Å². The SMILES string of the molecule is Cc1ccc(S(=O)(=O)N2CCN(CCc3nnc(C)o3)CC2)c(C)c1. The number of aromatic nitrogens is 2. The molecule has 0 spiro atoms. The van der Waals surface area contributed by atoms with Gasteiger partial charge < -0.3 is 9.32 Å². The van der Waals surface area contributed by atoms with Crippen molar-refractivity contribution in [2.45, 2.75) is 32.1 Å². The Kier molecular flexibility index (Phi) is 5.21. The molecule has 0 amide bonds. The highest BCUT2D eigenvalue weighted by molar-refractivity contribution is 7.89. The number of hydrogen-bond donors (Lipinski definition) is 0. The highest BCUT2D eigenvalue weighted by Crippen LogP contribution is 2.22. The summed E-state index contributed by atoms with van der Waals surface area (Å²) in [5.41, 5.74) is 1.87. The number of hydrogen-bond acceptors (Lipinski definition) is 6. The smallest absolute Gasteiger partial charge is 0.243 e. The van der Waals surface area contributed by atoms with Crippen LogP contribution >= 0.6 is 0 Å². The summed E-state index contributed by atoms with van der Waals surface area (Å²) in [5, 5.41) is 7.81. The zero-order chi connectivity index (χ0) is 18.0. The van der Waals surface area contributed by atoms with E-state index in [1.165, 1.54) is 0 Å². The van der Waals surface area contributed by atoms with E-state index >= 15 is 0 Å². The molecule has 0 saturated carbocycles. The van der Waals surface area contributed by atoms with Crippen LogP contribution in [0.4, 0.5) is 0 Å². The van der Waals surface area contributed by atoms with Gasteiger partial charge in [0.25, 0.3) is 0 Å². The Morgan fingerprint density at radius 2 is 1.80 bits per heavy atom. The van der Waals surface area contributed by atoms with Crippen molar-refractivity contribution in [3.05, 3.63) is 41.1 Å². The Morgan fingerprint density at radius 1 is 1.08 bits per heavy atom. The standard InChI is InChI=1S/C17H24N4O3S/c1-13-4-5-16(14(2)12-13)25(22,23)21-10-8-20(9-11-21)7-6-17-19-18-15(3)24-17/h4-5,12H,6-11H2,1-3H3. The number of piperazine rings is 1. The molecule has 0 radical (unpaired) electrons. The molecule has 2 aromatic rings. The second kappa shape index (κ2) is 7.23. The third kappa shape index (κ3) is 4.08. The van der Waals surface area contributed by atoms with Gasteiger partial charge in [-0.25, -0.2) is 8.42 Å². The monoisotopic (exact) mass is 364 g/mol. The first-order chi connectivity index (χ1) is 11.9. The molecule has 0 unspecified atom stereocenters. The molecule has 1 aromatic carbocycles. The average molecular weight is 364 g/mol. The Balaban J connectivity index is 1.59. The highest BCUT2D eigenvalue weighted by atomic mass is 32.2. The van der Waals surface area contributed by atoms with Gasteiger partial charge in [-0.1, -0.05) is 17.7 Å². The van der Waals surface area contributed by atoms with Gasteiger partial charge in [0.1, 0.15) is 0 Å². The number of sulfonamides is 1. The Hall–Kier alpha value is -1.77. The molecule has 0 atom stereocenters. The van der Waals surface area contributed by atoms with E-state index < -0.39 is 10.0 Å². The van der Waals surface area contributed by atoms with Crippen LogP contribution in [0.2, 0.25) is 0 Å². The predicted molar refractivity (Wildman–Crippen MR) is 93.9 cm³/mol. The zero-order valence-electron chi connectivity index (χ0n) is 14.9. The summed E-state index contributed by atoms with van der Waals surface area (Å²) in [7, 11) is -3.43. The molecule has 0 N–H and O–H groups in total. The quantitative estimate of drug-likeness (QED) is 0.801. The van der Waals surface area contributed by atoms with E-state index in [0.717, 1.165) is 17.7 Å². The van der Waals surface area contributed by atoms with Crippen LogP contribution in [-0.2, 0) is 16.4 Å². The highest BCUT2D eigenvalue weighted by Gasteiger charge is 2.29. The van der Waals surface area contributed by atoms with Gasteiger partial charge in [0.2, 0.25) is 21.8 Å². The van der Waals surface area contributed by atoms with Gasteiger partial charge in [0, 0.05) is 46.1 Å². The van der Waals surface area contributed by atoms with Crippen LogP contribution in [-0.4, -0.2) is 60.5 Å². The molecule has 25 heavy (non-hydrogen) atoms. The molecule has 1 aromatic heterocycles. The van der Waals surface area contributed by atoms with E-state index in [1.807, 2.05) is 26.0 Å². The maximum atomic E-state index is 12.9. The number of nitrogens with zero attached hydrogens (tertiary/aromatic N) is 4. The Labute approximate surface area is 148 Å². The van der Waals surface area contributed by atoms with Crippen molar-refractivity contribution in [3.63, 3.8) is 0 Å². The van der Waals surface area contributed by atoms with Crippen LogP contribution in [0.5, 0.6) is 0 Å². The Bertz CT molecular complexity index is 839. The van der Waals surface area contributed by atoms with E-state index in [0.29, 0.717) is 49.3 Å². The van der Waals surface area contributed by atoms with Gasteiger partial charge in [0.15, 0.2) is 0 Å². The van der Waals surface area contributed by atoms with Gasteiger partial charge in [-0.05, 0) is 25.5 Å². The summed E-state index contributed by atoms with van der Waals surface area (Å²) < 4.78 is 32.7. The van der Waals surface area contributed by atoms with Crippen LogP contribution in [0, 0.1) is 20.8 Å². The van der Waals surface area contributed by atoms with Crippen LogP contribution in [0.15, 0.2) is 27.5 Å².